The van der Waals surface area contributed by atoms with Crippen LogP contribution in [-0.2, 0) is 9.53 Å². The number of benzene rings is 1. The maximum absolute atomic E-state index is 12.1. The van der Waals surface area contributed by atoms with Gasteiger partial charge in [-0.05, 0) is 31.2 Å². The Morgan fingerprint density at radius 3 is 2.57 bits per heavy atom. The van der Waals surface area contributed by atoms with Crippen LogP contribution in [0.2, 0.25) is 15.1 Å². The van der Waals surface area contributed by atoms with E-state index in [0.29, 0.717) is 10.8 Å². The Bertz CT molecular complexity index is 735. The van der Waals surface area contributed by atoms with Gasteiger partial charge in [0.05, 0.1) is 20.6 Å². The fraction of sp³-hybridized carbons (Fsp3) is 0.133. The van der Waals surface area contributed by atoms with Crippen molar-refractivity contribution in [3.05, 3.63) is 57.2 Å². The molecule has 0 aliphatic carbocycles. The molecule has 1 aromatic heterocycles. The van der Waals surface area contributed by atoms with Crippen LogP contribution in [0.5, 0.6) is 0 Å². The second-order valence-electron chi connectivity index (χ2n) is 4.50. The van der Waals surface area contributed by atoms with Gasteiger partial charge >= 0.3 is 5.97 Å². The molecule has 1 atom stereocenters. The van der Waals surface area contributed by atoms with E-state index in [4.69, 9.17) is 39.5 Å². The van der Waals surface area contributed by atoms with Crippen molar-refractivity contribution in [1.29, 1.82) is 0 Å². The average Bonchev–Trinajstić information content (AvgIpc) is 2.52. The molecule has 0 spiro atoms. The molecule has 120 valence electrons. The number of hydrogen-bond acceptors (Lipinski definition) is 4. The highest BCUT2D eigenvalue weighted by Crippen LogP contribution is 2.26. The Morgan fingerprint density at radius 2 is 1.91 bits per heavy atom. The summed E-state index contributed by atoms with van der Waals surface area (Å²) >= 11 is 17.5. The van der Waals surface area contributed by atoms with Gasteiger partial charge in [0.15, 0.2) is 6.10 Å². The van der Waals surface area contributed by atoms with Crippen LogP contribution in [0.4, 0.5) is 5.82 Å². The monoisotopic (exact) mass is 372 g/mol. The van der Waals surface area contributed by atoms with E-state index < -0.39 is 18.0 Å². The molecule has 23 heavy (non-hydrogen) atoms. The van der Waals surface area contributed by atoms with Crippen molar-refractivity contribution in [2.45, 2.75) is 13.0 Å². The second kappa shape index (κ2) is 7.64. The number of nitrogens with one attached hydrogen (secondary N) is 1. The molecule has 5 nitrogen and oxygen atoms in total. The number of halogens is 3. The van der Waals surface area contributed by atoms with Crippen LogP contribution in [0.15, 0.2) is 36.5 Å². The summed E-state index contributed by atoms with van der Waals surface area (Å²) in [6.45, 7) is 1.43. The number of esters is 1. The fourth-order valence-electron chi connectivity index (χ4n) is 1.62. The highest BCUT2D eigenvalue weighted by atomic mass is 35.5. The first-order valence-corrected chi connectivity index (χ1v) is 7.59. The van der Waals surface area contributed by atoms with E-state index in [0.717, 1.165) is 0 Å². The summed E-state index contributed by atoms with van der Waals surface area (Å²) in [5.41, 5.74) is 0.0865. The first kappa shape index (κ1) is 17.5. The molecule has 0 bridgehead atoms. The third kappa shape index (κ3) is 4.58. The van der Waals surface area contributed by atoms with Gasteiger partial charge in [0.2, 0.25) is 0 Å². The molecule has 0 saturated carbocycles. The normalized spacial score (nSPS) is 11.7. The summed E-state index contributed by atoms with van der Waals surface area (Å²) in [4.78, 5) is 28.0. The Hall–Kier alpha value is -1.82. The smallest absolute Gasteiger partial charge is 0.340 e. The van der Waals surface area contributed by atoms with Crippen molar-refractivity contribution < 1.29 is 14.3 Å². The molecular formula is C15H11Cl3N2O3. The number of nitrogens with zero attached hydrogens (tertiary/aromatic N) is 1. The van der Waals surface area contributed by atoms with Gasteiger partial charge in [-0.25, -0.2) is 9.78 Å². The molecule has 1 aromatic carbocycles. The van der Waals surface area contributed by atoms with E-state index in [2.05, 4.69) is 10.3 Å². The maximum atomic E-state index is 12.1. The zero-order chi connectivity index (χ0) is 17.0. The second-order valence-corrected chi connectivity index (χ2v) is 5.72. The number of rotatable bonds is 4. The standard InChI is InChI=1S/C15H11Cl3N2O3/c1-8(14(21)20-12-6-5-9(16)7-19-12)23-15(22)10-3-2-4-11(17)13(10)18/h2-8H,1H3,(H,19,20,21)/t8-/m0/s1. The lowest BCUT2D eigenvalue weighted by atomic mass is 10.2. The number of carbonyl (C=O) groups is 2. The summed E-state index contributed by atoms with van der Waals surface area (Å²) in [6.07, 6.45) is 0.342. The topological polar surface area (TPSA) is 68.3 Å². The van der Waals surface area contributed by atoms with Crippen LogP contribution in [-0.4, -0.2) is 23.0 Å². The Labute approximate surface area is 147 Å². The van der Waals surface area contributed by atoms with E-state index in [1.165, 1.54) is 25.3 Å². The zero-order valence-corrected chi connectivity index (χ0v) is 14.1. The third-order valence-corrected chi connectivity index (χ3v) is 3.85. The highest BCUT2D eigenvalue weighted by Gasteiger charge is 2.21. The van der Waals surface area contributed by atoms with Crippen LogP contribution >= 0.6 is 34.8 Å². The first-order chi connectivity index (χ1) is 10.9. The van der Waals surface area contributed by atoms with Gasteiger partial charge in [-0.1, -0.05) is 40.9 Å². The van der Waals surface area contributed by atoms with Gasteiger partial charge in [-0.3, -0.25) is 4.79 Å². The fourth-order valence-corrected chi connectivity index (χ4v) is 2.11. The molecule has 1 amide bonds. The molecule has 8 heteroatoms. The minimum absolute atomic E-state index is 0.0751. The van der Waals surface area contributed by atoms with E-state index in [-0.39, 0.29) is 15.6 Å². The summed E-state index contributed by atoms with van der Waals surface area (Å²) < 4.78 is 5.08. The minimum atomic E-state index is -1.05. The molecule has 0 radical (unpaired) electrons. The van der Waals surface area contributed by atoms with Crippen LogP contribution in [0, 0.1) is 0 Å². The summed E-state index contributed by atoms with van der Waals surface area (Å²) in [5.74, 6) is -0.987. The highest BCUT2D eigenvalue weighted by molar-refractivity contribution is 6.43. The van der Waals surface area contributed by atoms with Gasteiger partial charge in [0.1, 0.15) is 5.82 Å². The average molecular weight is 374 g/mol. The van der Waals surface area contributed by atoms with Crippen molar-refractivity contribution in [3.63, 3.8) is 0 Å². The molecule has 1 N–H and O–H groups in total. The number of amides is 1. The quantitative estimate of drug-likeness (QED) is 0.815. The molecule has 2 rings (SSSR count). The molecular weight excluding hydrogens is 363 g/mol. The number of ether oxygens (including phenoxy) is 1. The van der Waals surface area contributed by atoms with Crippen LogP contribution < -0.4 is 5.32 Å². The summed E-state index contributed by atoms with van der Waals surface area (Å²) in [6, 6.07) is 7.67. The molecule has 0 aliphatic heterocycles. The molecule has 0 saturated heterocycles. The molecule has 0 unspecified atom stereocenters. The lowest BCUT2D eigenvalue weighted by Crippen LogP contribution is -2.30. The van der Waals surface area contributed by atoms with Crippen molar-refractivity contribution in [2.24, 2.45) is 0 Å². The van der Waals surface area contributed by atoms with Gasteiger partial charge in [-0.15, -0.1) is 0 Å². The number of pyridine rings is 1. The van der Waals surface area contributed by atoms with Gasteiger partial charge < -0.3 is 10.1 Å². The van der Waals surface area contributed by atoms with Crippen molar-refractivity contribution >= 4 is 52.5 Å². The van der Waals surface area contributed by atoms with E-state index in [9.17, 15) is 9.59 Å². The Kier molecular flexibility index (Phi) is 5.82. The lowest BCUT2D eigenvalue weighted by Gasteiger charge is -2.14. The van der Waals surface area contributed by atoms with Crippen LogP contribution in [0.25, 0.3) is 0 Å². The van der Waals surface area contributed by atoms with Gasteiger partial charge in [-0.2, -0.15) is 0 Å². The zero-order valence-electron chi connectivity index (χ0n) is 11.8. The van der Waals surface area contributed by atoms with E-state index in [1.54, 1.807) is 18.2 Å². The molecule has 0 fully saturated rings. The van der Waals surface area contributed by atoms with Gasteiger partial charge in [0, 0.05) is 6.20 Å². The minimum Gasteiger partial charge on any atom is -0.449 e. The van der Waals surface area contributed by atoms with Crippen LogP contribution in [0.3, 0.4) is 0 Å². The molecule has 0 aliphatic rings. The Morgan fingerprint density at radius 1 is 1.17 bits per heavy atom. The van der Waals surface area contributed by atoms with E-state index in [1.807, 2.05) is 0 Å². The van der Waals surface area contributed by atoms with Crippen molar-refractivity contribution in [1.82, 2.24) is 4.98 Å². The van der Waals surface area contributed by atoms with Crippen molar-refractivity contribution in [3.8, 4) is 0 Å². The lowest BCUT2D eigenvalue weighted by molar-refractivity contribution is -0.123. The molecule has 1 heterocycles. The summed E-state index contributed by atoms with van der Waals surface area (Å²) in [7, 11) is 0. The number of anilines is 1. The molecule has 2 aromatic rings. The number of carbonyl (C=O) groups excluding carboxylic acids is 2. The van der Waals surface area contributed by atoms with Crippen LogP contribution in [0.1, 0.15) is 17.3 Å². The predicted molar refractivity (Wildman–Crippen MR) is 89.2 cm³/mol. The predicted octanol–water partition coefficient (Wildman–Crippen LogP) is 4.23. The van der Waals surface area contributed by atoms with E-state index >= 15 is 0 Å². The number of aromatic nitrogens is 1. The number of hydrogen-bond donors (Lipinski definition) is 1. The van der Waals surface area contributed by atoms with Crippen molar-refractivity contribution in [2.75, 3.05) is 5.32 Å². The largest absolute Gasteiger partial charge is 0.449 e. The third-order valence-electron chi connectivity index (χ3n) is 2.80. The Balaban J connectivity index is 2.01. The SMILES string of the molecule is C[C@H](OC(=O)c1cccc(Cl)c1Cl)C(=O)Nc1ccc(Cl)cn1. The van der Waals surface area contributed by atoms with Gasteiger partial charge in [0.25, 0.3) is 5.91 Å². The summed E-state index contributed by atoms with van der Waals surface area (Å²) in [5, 5.41) is 3.25. The first-order valence-electron chi connectivity index (χ1n) is 6.46. The maximum Gasteiger partial charge on any atom is 0.340 e.